The fourth-order valence-electron chi connectivity index (χ4n) is 3.17. The van der Waals surface area contributed by atoms with Crippen LogP contribution in [0.25, 0.3) is 0 Å². The van der Waals surface area contributed by atoms with Crippen LogP contribution in [-0.2, 0) is 9.47 Å². The number of nitrogens with one attached hydrogen (secondary N) is 1. The van der Waals surface area contributed by atoms with Crippen molar-refractivity contribution in [3.05, 3.63) is 46.3 Å². The molecular formula is C24H31NO7. The second kappa shape index (κ2) is 11.9. The Morgan fingerprint density at radius 2 is 1.66 bits per heavy atom. The maximum atomic E-state index is 12.6. The Balaban J connectivity index is 2.09. The molecule has 8 heteroatoms. The monoisotopic (exact) mass is 445 g/mol. The van der Waals surface area contributed by atoms with Gasteiger partial charge in [0.2, 0.25) is 5.78 Å². The number of ketones is 1. The summed E-state index contributed by atoms with van der Waals surface area (Å²) in [4.78, 5) is 40.1. The highest BCUT2D eigenvalue weighted by Gasteiger charge is 2.24. The molecule has 1 N–H and O–H groups in total. The summed E-state index contributed by atoms with van der Waals surface area (Å²) in [5.74, 6) is -0.610. The summed E-state index contributed by atoms with van der Waals surface area (Å²) in [7, 11) is 0. The van der Waals surface area contributed by atoms with Crippen molar-refractivity contribution in [3.8, 4) is 11.5 Å². The second-order valence-corrected chi connectivity index (χ2v) is 7.14. The van der Waals surface area contributed by atoms with E-state index in [4.69, 9.17) is 18.9 Å². The molecule has 32 heavy (non-hydrogen) atoms. The highest BCUT2D eigenvalue weighted by Crippen LogP contribution is 2.29. The van der Waals surface area contributed by atoms with Crippen molar-refractivity contribution < 1.29 is 33.3 Å². The highest BCUT2D eigenvalue weighted by molar-refractivity contribution is 6.03. The first kappa shape index (κ1) is 25.0. The van der Waals surface area contributed by atoms with Gasteiger partial charge in [0.1, 0.15) is 0 Å². The predicted octanol–water partition coefficient (Wildman–Crippen LogP) is 4.43. The number of unbranched alkanes of at least 4 members (excludes halogenated alkanes) is 1. The van der Waals surface area contributed by atoms with E-state index in [9.17, 15) is 14.4 Å². The molecule has 0 bridgehead atoms. The van der Waals surface area contributed by atoms with Crippen molar-refractivity contribution in [1.82, 2.24) is 4.98 Å². The third-order valence-corrected chi connectivity index (χ3v) is 4.76. The van der Waals surface area contributed by atoms with Gasteiger partial charge in [0.15, 0.2) is 18.1 Å². The van der Waals surface area contributed by atoms with Crippen LogP contribution in [0.4, 0.5) is 0 Å². The standard InChI is InChI=1S/C24H31NO7/c1-6-9-12-31-19-11-10-17(13-20(19)29-7-2)23(27)32-14-18(26)22-15(4)21(16(5)25-22)24(28)30-8-3/h10-11,13,25H,6-9,12,14H2,1-5H3. The van der Waals surface area contributed by atoms with Crippen LogP contribution in [-0.4, -0.2) is 49.1 Å². The van der Waals surface area contributed by atoms with Gasteiger partial charge in [-0.1, -0.05) is 13.3 Å². The summed E-state index contributed by atoms with van der Waals surface area (Å²) < 4.78 is 21.5. The van der Waals surface area contributed by atoms with Gasteiger partial charge in [-0.15, -0.1) is 0 Å². The molecule has 0 amide bonds. The van der Waals surface area contributed by atoms with Crippen molar-refractivity contribution in [3.63, 3.8) is 0 Å². The van der Waals surface area contributed by atoms with E-state index < -0.39 is 24.3 Å². The summed E-state index contributed by atoms with van der Waals surface area (Å²) in [5, 5.41) is 0. The van der Waals surface area contributed by atoms with E-state index in [1.165, 1.54) is 0 Å². The van der Waals surface area contributed by atoms with E-state index >= 15 is 0 Å². The van der Waals surface area contributed by atoms with Gasteiger partial charge in [0.25, 0.3) is 0 Å². The van der Waals surface area contributed by atoms with Crippen LogP contribution in [0.3, 0.4) is 0 Å². The number of H-pyrrole nitrogens is 1. The van der Waals surface area contributed by atoms with E-state index in [1.807, 2.05) is 6.92 Å². The maximum absolute atomic E-state index is 12.6. The summed E-state index contributed by atoms with van der Waals surface area (Å²) in [6.07, 6.45) is 1.91. The largest absolute Gasteiger partial charge is 0.490 e. The van der Waals surface area contributed by atoms with E-state index in [-0.39, 0.29) is 17.9 Å². The number of rotatable bonds is 12. The first-order valence-corrected chi connectivity index (χ1v) is 10.8. The quantitative estimate of drug-likeness (QED) is 0.293. The number of ether oxygens (including phenoxy) is 4. The van der Waals surface area contributed by atoms with Gasteiger partial charge in [-0.2, -0.15) is 0 Å². The van der Waals surface area contributed by atoms with E-state index in [0.717, 1.165) is 12.8 Å². The number of aryl methyl sites for hydroxylation is 1. The fourth-order valence-corrected chi connectivity index (χ4v) is 3.17. The lowest BCUT2D eigenvalue weighted by molar-refractivity contribution is 0.0471. The van der Waals surface area contributed by atoms with E-state index in [0.29, 0.717) is 41.5 Å². The van der Waals surface area contributed by atoms with Crippen LogP contribution in [0.5, 0.6) is 11.5 Å². The normalized spacial score (nSPS) is 10.5. The van der Waals surface area contributed by atoms with Crippen molar-refractivity contribution in [1.29, 1.82) is 0 Å². The number of hydrogen-bond donors (Lipinski definition) is 1. The zero-order chi connectivity index (χ0) is 23.7. The predicted molar refractivity (Wildman–Crippen MR) is 119 cm³/mol. The van der Waals surface area contributed by atoms with Crippen LogP contribution in [0, 0.1) is 13.8 Å². The minimum atomic E-state index is -0.661. The zero-order valence-electron chi connectivity index (χ0n) is 19.3. The SMILES string of the molecule is CCCCOc1ccc(C(=O)OCC(=O)c2[nH]c(C)c(C(=O)OCC)c2C)cc1OCC. The first-order chi connectivity index (χ1) is 15.3. The fraction of sp³-hybridized carbons (Fsp3) is 0.458. The van der Waals surface area contributed by atoms with Crippen LogP contribution >= 0.6 is 0 Å². The summed E-state index contributed by atoms with van der Waals surface area (Å²) in [5.41, 5.74) is 1.77. The van der Waals surface area contributed by atoms with Crippen LogP contribution < -0.4 is 9.47 Å². The molecule has 0 aliphatic carbocycles. The number of Topliss-reactive ketones (excluding diaryl/α,β-unsaturated/α-hetero) is 1. The molecule has 0 saturated heterocycles. The molecule has 0 fully saturated rings. The Labute approximate surface area is 188 Å². The molecule has 0 unspecified atom stereocenters. The molecule has 2 aromatic rings. The molecule has 1 aromatic carbocycles. The first-order valence-electron chi connectivity index (χ1n) is 10.8. The van der Waals surface area contributed by atoms with Gasteiger partial charge in [-0.25, -0.2) is 9.59 Å². The molecule has 1 heterocycles. The van der Waals surface area contributed by atoms with Crippen molar-refractivity contribution in [2.24, 2.45) is 0 Å². The zero-order valence-corrected chi connectivity index (χ0v) is 19.3. The number of aromatic nitrogens is 1. The van der Waals surface area contributed by atoms with Gasteiger partial charge in [0.05, 0.1) is 36.6 Å². The minimum absolute atomic E-state index is 0.216. The summed E-state index contributed by atoms with van der Waals surface area (Å²) in [6, 6.07) is 4.77. The van der Waals surface area contributed by atoms with Gasteiger partial charge in [-0.3, -0.25) is 4.79 Å². The lowest BCUT2D eigenvalue weighted by Crippen LogP contribution is -2.16. The number of carbonyl (C=O) groups excluding carboxylic acids is 3. The molecule has 2 rings (SSSR count). The average molecular weight is 446 g/mol. The van der Waals surface area contributed by atoms with Crippen LogP contribution in [0.1, 0.15) is 76.1 Å². The number of hydrogen-bond acceptors (Lipinski definition) is 7. The summed E-state index contributed by atoms with van der Waals surface area (Å²) >= 11 is 0. The van der Waals surface area contributed by atoms with Crippen molar-refractivity contribution >= 4 is 17.7 Å². The number of aromatic amines is 1. The average Bonchev–Trinajstić information content (AvgIpc) is 3.07. The van der Waals surface area contributed by atoms with Crippen LogP contribution in [0.2, 0.25) is 0 Å². The van der Waals surface area contributed by atoms with Gasteiger partial charge < -0.3 is 23.9 Å². The smallest absolute Gasteiger partial charge is 0.340 e. The van der Waals surface area contributed by atoms with Crippen molar-refractivity contribution in [2.75, 3.05) is 26.4 Å². The number of esters is 2. The Bertz CT molecular complexity index is 961. The van der Waals surface area contributed by atoms with Crippen LogP contribution in [0.15, 0.2) is 18.2 Å². The molecule has 0 aliphatic rings. The van der Waals surface area contributed by atoms with Crippen molar-refractivity contribution in [2.45, 2.75) is 47.5 Å². The third kappa shape index (κ3) is 6.12. The molecule has 0 spiro atoms. The Morgan fingerprint density at radius 1 is 0.906 bits per heavy atom. The lowest BCUT2D eigenvalue weighted by Gasteiger charge is -2.13. The Morgan fingerprint density at radius 3 is 2.31 bits per heavy atom. The number of carbonyl (C=O) groups is 3. The molecule has 8 nitrogen and oxygen atoms in total. The molecule has 174 valence electrons. The van der Waals surface area contributed by atoms with E-state index in [1.54, 1.807) is 39.0 Å². The highest BCUT2D eigenvalue weighted by atomic mass is 16.5. The molecule has 0 aliphatic heterocycles. The Hall–Kier alpha value is -3.29. The topological polar surface area (TPSA) is 104 Å². The molecular weight excluding hydrogens is 414 g/mol. The molecule has 0 saturated carbocycles. The van der Waals surface area contributed by atoms with Gasteiger partial charge in [0, 0.05) is 5.69 Å². The number of benzene rings is 1. The summed E-state index contributed by atoms with van der Waals surface area (Å²) in [6.45, 7) is 9.68. The molecule has 1 aromatic heterocycles. The van der Waals surface area contributed by atoms with Gasteiger partial charge >= 0.3 is 11.9 Å². The minimum Gasteiger partial charge on any atom is -0.490 e. The molecule has 0 atom stereocenters. The van der Waals surface area contributed by atoms with E-state index in [2.05, 4.69) is 11.9 Å². The van der Waals surface area contributed by atoms with Gasteiger partial charge in [-0.05, 0) is 57.9 Å². The second-order valence-electron chi connectivity index (χ2n) is 7.14. The molecule has 0 radical (unpaired) electrons. The third-order valence-electron chi connectivity index (χ3n) is 4.76. The maximum Gasteiger partial charge on any atom is 0.340 e. The Kier molecular flexibility index (Phi) is 9.31. The lowest BCUT2D eigenvalue weighted by atomic mass is 10.1.